The molecule has 0 fully saturated rings. The van der Waals surface area contributed by atoms with Crippen molar-refractivity contribution in [3.8, 4) is 0 Å². The van der Waals surface area contributed by atoms with Crippen molar-refractivity contribution in [1.82, 2.24) is 15.3 Å². The van der Waals surface area contributed by atoms with Gasteiger partial charge in [0, 0.05) is 12.7 Å². The predicted molar refractivity (Wildman–Crippen MR) is 70.4 cm³/mol. The number of aromatic nitrogens is 2. The third kappa shape index (κ3) is 2.21. The first-order valence-corrected chi connectivity index (χ1v) is 6.61. The van der Waals surface area contributed by atoms with Gasteiger partial charge in [-0.2, -0.15) is 0 Å². The van der Waals surface area contributed by atoms with E-state index in [9.17, 15) is 9.00 Å². The summed E-state index contributed by atoms with van der Waals surface area (Å²) in [7, 11) is -0.00763. The number of hydrogen-bond donors (Lipinski definition) is 3. The highest BCUT2D eigenvalue weighted by molar-refractivity contribution is 7.86. The molecule has 96 valence electrons. The number of imidazole rings is 1. The molecule has 1 heterocycles. The van der Waals surface area contributed by atoms with Crippen LogP contribution in [-0.4, -0.2) is 32.4 Å². The monoisotopic (exact) mass is 266 g/mol. The van der Waals surface area contributed by atoms with Crippen LogP contribution >= 0.6 is 0 Å². The molecule has 0 spiro atoms. The molecule has 2 rings (SSSR count). The van der Waals surface area contributed by atoms with Gasteiger partial charge < -0.3 is 16.0 Å². The number of aromatic amines is 1. The lowest BCUT2D eigenvalue weighted by Crippen LogP contribution is -2.33. The van der Waals surface area contributed by atoms with Crippen molar-refractivity contribution in [2.75, 3.05) is 12.8 Å². The van der Waals surface area contributed by atoms with Gasteiger partial charge in [-0.05, 0) is 25.1 Å². The average molecular weight is 266 g/mol. The number of H-pyrrole nitrogens is 1. The highest BCUT2D eigenvalue weighted by atomic mass is 32.2. The van der Waals surface area contributed by atoms with Crippen LogP contribution in [0, 0.1) is 0 Å². The van der Waals surface area contributed by atoms with Gasteiger partial charge in [0.05, 0.1) is 11.0 Å². The second-order valence-electron chi connectivity index (χ2n) is 3.87. The molecule has 4 N–H and O–H groups in total. The lowest BCUT2D eigenvalue weighted by atomic mass is 10.3. The molecule has 0 aliphatic carbocycles. The van der Waals surface area contributed by atoms with Gasteiger partial charge in [0.2, 0.25) is 5.91 Å². The van der Waals surface area contributed by atoms with E-state index in [-0.39, 0.29) is 11.1 Å². The Morgan fingerprint density at radius 2 is 2.28 bits per heavy atom. The van der Waals surface area contributed by atoms with E-state index < -0.39 is 16.0 Å². The number of nitrogens with zero attached hydrogens (tertiary/aromatic N) is 1. The molecule has 1 aromatic carbocycles. The number of hydrogen-bond acceptors (Lipinski definition) is 4. The normalized spacial score (nSPS) is 14.3. The van der Waals surface area contributed by atoms with Crippen molar-refractivity contribution in [1.29, 1.82) is 0 Å². The van der Waals surface area contributed by atoms with Crippen LogP contribution in [0.2, 0.25) is 0 Å². The third-order valence-electron chi connectivity index (χ3n) is 2.61. The molecule has 2 atom stereocenters. The molecule has 2 unspecified atom stereocenters. The standard InChI is InChI=1S/C11H14N4O2S/c1-6(10(16)13-2)18(17)11-14-8-4-3-7(12)5-9(8)15-11/h3-6H,12H2,1-2H3,(H,13,16)(H,14,15). The number of nitrogens with one attached hydrogen (secondary N) is 2. The molecule has 7 heteroatoms. The van der Waals surface area contributed by atoms with Crippen LogP contribution in [0.25, 0.3) is 11.0 Å². The Kier molecular flexibility index (Phi) is 3.33. The summed E-state index contributed by atoms with van der Waals surface area (Å²) in [6.07, 6.45) is 0. The van der Waals surface area contributed by atoms with Gasteiger partial charge >= 0.3 is 0 Å². The number of nitrogen functional groups attached to an aromatic ring is 1. The van der Waals surface area contributed by atoms with Crippen LogP contribution in [0.15, 0.2) is 23.4 Å². The maximum atomic E-state index is 12.1. The van der Waals surface area contributed by atoms with Crippen LogP contribution in [0.4, 0.5) is 5.69 Å². The minimum absolute atomic E-state index is 0.284. The summed E-state index contributed by atoms with van der Waals surface area (Å²) in [5.74, 6) is -0.284. The first-order chi connectivity index (χ1) is 8.52. The van der Waals surface area contributed by atoms with Crippen LogP contribution < -0.4 is 11.1 Å². The Hall–Kier alpha value is -1.89. The molecule has 6 nitrogen and oxygen atoms in total. The highest BCUT2D eigenvalue weighted by Crippen LogP contribution is 2.17. The predicted octanol–water partition coefficient (Wildman–Crippen LogP) is 0.387. The molecule has 0 saturated carbocycles. The Bertz CT molecular complexity index is 623. The van der Waals surface area contributed by atoms with E-state index in [2.05, 4.69) is 15.3 Å². The van der Waals surface area contributed by atoms with E-state index in [4.69, 9.17) is 5.73 Å². The zero-order chi connectivity index (χ0) is 13.3. The quantitative estimate of drug-likeness (QED) is 0.699. The molecule has 2 aromatic rings. The number of fused-ring (bicyclic) bond motifs is 1. The number of carbonyl (C=O) groups is 1. The number of rotatable bonds is 3. The van der Waals surface area contributed by atoms with Crippen LogP contribution in [-0.2, 0) is 15.6 Å². The SMILES string of the molecule is CNC(=O)C(C)S(=O)c1nc2ccc(N)cc2[nH]1. The van der Waals surface area contributed by atoms with Gasteiger partial charge in [-0.1, -0.05) is 0 Å². The zero-order valence-electron chi connectivity index (χ0n) is 10.1. The lowest BCUT2D eigenvalue weighted by molar-refractivity contribution is -0.119. The summed E-state index contributed by atoms with van der Waals surface area (Å²) in [6.45, 7) is 1.59. The summed E-state index contributed by atoms with van der Waals surface area (Å²) in [6, 6.07) is 5.18. The number of amides is 1. The van der Waals surface area contributed by atoms with Gasteiger partial charge in [-0.3, -0.25) is 9.00 Å². The zero-order valence-corrected chi connectivity index (χ0v) is 10.9. The van der Waals surface area contributed by atoms with Gasteiger partial charge in [-0.15, -0.1) is 0 Å². The largest absolute Gasteiger partial charge is 0.399 e. The first-order valence-electron chi connectivity index (χ1n) is 5.40. The van der Waals surface area contributed by atoms with E-state index in [1.807, 2.05) is 0 Å². The van der Waals surface area contributed by atoms with E-state index >= 15 is 0 Å². The fourth-order valence-corrected chi connectivity index (χ4v) is 2.61. The van der Waals surface area contributed by atoms with Crippen molar-refractivity contribution in [3.05, 3.63) is 18.2 Å². The second kappa shape index (κ2) is 4.77. The van der Waals surface area contributed by atoms with Gasteiger partial charge in [0.1, 0.15) is 16.0 Å². The molecular formula is C11H14N4O2S. The van der Waals surface area contributed by atoms with Gasteiger partial charge in [-0.25, -0.2) is 4.98 Å². The van der Waals surface area contributed by atoms with Crippen LogP contribution in [0.1, 0.15) is 6.92 Å². The maximum Gasteiger partial charge on any atom is 0.235 e. The molecular weight excluding hydrogens is 252 g/mol. The van der Waals surface area contributed by atoms with Crippen molar-refractivity contribution in [3.63, 3.8) is 0 Å². The summed E-state index contributed by atoms with van der Waals surface area (Å²) in [5, 5.41) is 2.09. The number of anilines is 1. The summed E-state index contributed by atoms with van der Waals surface area (Å²) >= 11 is 0. The Labute approximate surface area is 106 Å². The number of carbonyl (C=O) groups excluding carboxylic acids is 1. The number of benzene rings is 1. The number of nitrogens with two attached hydrogens (primary N) is 1. The van der Waals surface area contributed by atoms with Crippen molar-refractivity contribution in [2.45, 2.75) is 17.3 Å². The molecule has 1 aromatic heterocycles. The molecule has 18 heavy (non-hydrogen) atoms. The average Bonchev–Trinajstić information content (AvgIpc) is 2.78. The Balaban J connectivity index is 2.36. The minimum Gasteiger partial charge on any atom is -0.399 e. The van der Waals surface area contributed by atoms with E-state index in [1.165, 1.54) is 7.05 Å². The first kappa shape index (κ1) is 12.6. The molecule has 1 amide bonds. The highest BCUT2D eigenvalue weighted by Gasteiger charge is 2.22. The Morgan fingerprint density at radius 1 is 1.56 bits per heavy atom. The minimum atomic E-state index is -1.52. The smallest absolute Gasteiger partial charge is 0.235 e. The van der Waals surface area contributed by atoms with E-state index in [0.717, 1.165) is 0 Å². The van der Waals surface area contributed by atoms with Crippen LogP contribution in [0.3, 0.4) is 0 Å². The topological polar surface area (TPSA) is 101 Å². The summed E-state index contributed by atoms with van der Waals surface area (Å²) in [5.41, 5.74) is 7.64. The second-order valence-corrected chi connectivity index (χ2v) is 5.56. The summed E-state index contributed by atoms with van der Waals surface area (Å²) in [4.78, 5) is 18.6. The van der Waals surface area contributed by atoms with Crippen molar-refractivity contribution < 1.29 is 9.00 Å². The van der Waals surface area contributed by atoms with Crippen molar-refractivity contribution >= 4 is 33.4 Å². The van der Waals surface area contributed by atoms with Gasteiger partial charge in [0.25, 0.3) is 0 Å². The van der Waals surface area contributed by atoms with Crippen molar-refractivity contribution in [2.24, 2.45) is 0 Å². The molecule has 0 bridgehead atoms. The Morgan fingerprint density at radius 3 is 2.94 bits per heavy atom. The fraction of sp³-hybridized carbons (Fsp3) is 0.273. The third-order valence-corrected chi connectivity index (χ3v) is 4.04. The maximum absolute atomic E-state index is 12.1. The fourth-order valence-electron chi connectivity index (χ4n) is 1.57. The molecule has 0 radical (unpaired) electrons. The van der Waals surface area contributed by atoms with Gasteiger partial charge in [0.15, 0.2) is 5.16 Å². The molecule has 0 aliphatic rings. The lowest BCUT2D eigenvalue weighted by Gasteiger charge is -2.06. The molecule has 0 saturated heterocycles. The molecule has 0 aliphatic heterocycles. The van der Waals surface area contributed by atoms with Crippen LogP contribution in [0.5, 0.6) is 0 Å². The van der Waals surface area contributed by atoms with E-state index in [1.54, 1.807) is 25.1 Å². The summed E-state index contributed by atoms with van der Waals surface area (Å²) < 4.78 is 12.1. The van der Waals surface area contributed by atoms with E-state index in [0.29, 0.717) is 16.7 Å².